The van der Waals surface area contributed by atoms with Gasteiger partial charge < -0.3 is 30.2 Å². The number of nitrogens with zero attached hydrogens (tertiary/aromatic N) is 4. The van der Waals surface area contributed by atoms with Crippen LogP contribution in [-0.2, 0) is 16.0 Å². The molecule has 3 amide bonds. The van der Waals surface area contributed by atoms with Gasteiger partial charge in [0.1, 0.15) is 17.7 Å². The number of rotatable bonds is 10. The number of halogens is 1. The number of carboxylic acid groups (broad SMARTS) is 1. The van der Waals surface area contributed by atoms with Gasteiger partial charge in [0.25, 0.3) is 5.91 Å². The number of amides is 3. The number of hydrogen-bond donors (Lipinski definition) is 4. The minimum Gasteiger partial charge on any atom is -0.465 e. The maximum absolute atomic E-state index is 13.7. The normalized spacial score (nSPS) is 17.3. The fourth-order valence-electron chi connectivity index (χ4n) is 7.78. The maximum Gasteiger partial charge on any atom is 0.405 e. The van der Waals surface area contributed by atoms with E-state index in [-0.39, 0.29) is 30.3 Å². The largest absolute Gasteiger partial charge is 0.465 e. The Morgan fingerprint density at radius 1 is 0.709 bits per heavy atom. The average molecular weight is 754 g/mol. The first-order chi connectivity index (χ1) is 26.8. The molecule has 0 radical (unpaired) electrons. The molecule has 4 heterocycles. The Hall–Kier alpha value is -6.20. The van der Waals surface area contributed by atoms with Crippen molar-refractivity contribution in [1.82, 2.24) is 35.1 Å². The van der Waals surface area contributed by atoms with Gasteiger partial charge >= 0.3 is 6.09 Å². The molecule has 3 atom stereocenters. The summed E-state index contributed by atoms with van der Waals surface area (Å²) >= 11 is 6.33. The van der Waals surface area contributed by atoms with Crippen molar-refractivity contribution in [3.63, 3.8) is 0 Å². The van der Waals surface area contributed by atoms with Gasteiger partial charge in [-0.05, 0) is 65.1 Å². The SMILES string of the molecule is O=C(O)N[C@@H](C(=O)N1CCC[C@H]1c1ncc(-c2ccc(-c3ccc(-c4cnc([C@@H]5CCCN5C(=O)Cc5ccccc5Cl)[nH]4)cc3)cc2)[nH]1)c1ccccc1. The third-order valence-electron chi connectivity index (χ3n) is 10.6. The fraction of sp³-hybridized carbons (Fsp3) is 0.233. The third kappa shape index (κ3) is 7.61. The first kappa shape index (κ1) is 35.8. The highest BCUT2D eigenvalue weighted by atomic mass is 35.5. The molecule has 6 aromatic rings. The monoisotopic (exact) mass is 753 g/mol. The molecule has 0 bridgehead atoms. The molecule has 2 aliphatic heterocycles. The molecule has 55 heavy (non-hydrogen) atoms. The Morgan fingerprint density at radius 2 is 1.22 bits per heavy atom. The highest BCUT2D eigenvalue weighted by Gasteiger charge is 2.37. The van der Waals surface area contributed by atoms with E-state index < -0.39 is 12.1 Å². The van der Waals surface area contributed by atoms with E-state index in [0.29, 0.717) is 29.5 Å². The molecule has 278 valence electrons. The van der Waals surface area contributed by atoms with Gasteiger partial charge in [-0.2, -0.15) is 0 Å². The Balaban J connectivity index is 0.921. The predicted molar refractivity (Wildman–Crippen MR) is 210 cm³/mol. The minimum absolute atomic E-state index is 0.0498. The number of aromatic amines is 2. The standard InChI is InChI=1S/C43H40ClN7O4/c44-33-11-5-4-10-32(33)24-38(52)50-22-6-12-36(50)40-45-25-34(47-40)29-18-14-27(15-19-29)28-16-20-30(21-17-28)35-26-46-41(48-35)37-13-7-23-51(37)42(53)39(49-43(54)55)31-8-2-1-3-9-31/h1-5,8-11,14-21,25-26,36-37,39,49H,6-7,12-13,22-24H2,(H,45,47)(H,46,48)(H,54,55)/t36-,37-,39+/m0/s1. The van der Waals surface area contributed by atoms with Gasteiger partial charge in [-0.15, -0.1) is 0 Å². The smallest absolute Gasteiger partial charge is 0.405 e. The Labute approximate surface area is 323 Å². The molecule has 2 saturated heterocycles. The number of benzene rings is 4. The summed E-state index contributed by atoms with van der Waals surface area (Å²) in [5, 5.41) is 12.5. The Kier molecular flexibility index (Phi) is 10.2. The predicted octanol–water partition coefficient (Wildman–Crippen LogP) is 8.37. The van der Waals surface area contributed by atoms with Gasteiger partial charge in [0.15, 0.2) is 0 Å². The van der Waals surface area contributed by atoms with Gasteiger partial charge in [0, 0.05) is 18.1 Å². The number of carbonyl (C=O) groups is 3. The molecule has 0 unspecified atom stereocenters. The lowest BCUT2D eigenvalue weighted by Crippen LogP contribution is -2.42. The number of aromatic nitrogens is 4. The Morgan fingerprint density at radius 3 is 1.78 bits per heavy atom. The molecule has 4 N–H and O–H groups in total. The molecule has 11 nitrogen and oxygen atoms in total. The second-order valence-corrected chi connectivity index (χ2v) is 14.4. The molecule has 2 aromatic heterocycles. The zero-order valence-corrected chi connectivity index (χ0v) is 30.7. The van der Waals surface area contributed by atoms with Crippen LogP contribution >= 0.6 is 11.6 Å². The van der Waals surface area contributed by atoms with Gasteiger partial charge in [0.2, 0.25) is 5.91 Å². The second-order valence-electron chi connectivity index (χ2n) is 14.0. The third-order valence-corrected chi connectivity index (χ3v) is 11.0. The number of hydrogen-bond acceptors (Lipinski definition) is 5. The fourth-order valence-corrected chi connectivity index (χ4v) is 7.99. The van der Waals surface area contributed by atoms with E-state index in [1.54, 1.807) is 35.4 Å². The van der Waals surface area contributed by atoms with E-state index in [0.717, 1.165) is 70.7 Å². The highest BCUT2D eigenvalue weighted by molar-refractivity contribution is 6.31. The maximum atomic E-state index is 13.7. The van der Waals surface area contributed by atoms with E-state index in [9.17, 15) is 19.5 Å². The number of nitrogens with one attached hydrogen (secondary N) is 3. The number of carbonyl (C=O) groups excluding carboxylic acids is 2. The van der Waals surface area contributed by atoms with Crippen LogP contribution in [0.1, 0.15) is 66.6 Å². The molecule has 12 heteroatoms. The summed E-state index contributed by atoms with van der Waals surface area (Å²) in [7, 11) is 0. The van der Waals surface area contributed by atoms with Crippen LogP contribution < -0.4 is 5.32 Å². The van der Waals surface area contributed by atoms with Crippen LogP contribution in [0.4, 0.5) is 4.79 Å². The van der Waals surface area contributed by atoms with Gasteiger partial charge in [-0.25, -0.2) is 14.8 Å². The van der Waals surface area contributed by atoms with Crippen LogP contribution in [-0.4, -0.2) is 65.8 Å². The van der Waals surface area contributed by atoms with Crippen LogP contribution in [0.3, 0.4) is 0 Å². The van der Waals surface area contributed by atoms with Crippen LogP contribution in [0.25, 0.3) is 33.6 Å². The van der Waals surface area contributed by atoms with Crippen molar-refractivity contribution >= 4 is 29.5 Å². The quantitative estimate of drug-likeness (QED) is 0.111. The molecule has 2 aliphatic rings. The van der Waals surface area contributed by atoms with Crippen molar-refractivity contribution in [2.45, 2.75) is 50.2 Å². The molecule has 0 saturated carbocycles. The van der Waals surface area contributed by atoms with Crippen LogP contribution in [0, 0.1) is 0 Å². The summed E-state index contributed by atoms with van der Waals surface area (Å²) in [5.41, 5.74) is 7.25. The lowest BCUT2D eigenvalue weighted by molar-refractivity contribution is -0.134. The van der Waals surface area contributed by atoms with E-state index >= 15 is 0 Å². The van der Waals surface area contributed by atoms with Crippen molar-refractivity contribution in [2.24, 2.45) is 0 Å². The number of likely N-dealkylation sites (tertiary alicyclic amines) is 2. The lowest BCUT2D eigenvalue weighted by Gasteiger charge is -2.28. The van der Waals surface area contributed by atoms with Crippen molar-refractivity contribution in [2.75, 3.05) is 13.1 Å². The minimum atomic E-state index is -1.25. The molecule has 2 fully saturated rings. The highest BCUT2D eigenvalue weighted by Crippen LogP contribution is 2.36. The van der Waals surface area contributed by atoms with Crippen molar-refractivity contribution in [3.8, 4) is 33.6 Å². The lowest BCUT2D eigenvalue weighted by atomic mass is 10.0. The van der Waals surface area contributed by atoms with E-state index in [2.05, 4.69) is 56.7 Å². The number of imidazole rings is 2. The summed E-state index contributed by atoms with van der Waals surface area (Å²) in [6.45, 7) is 1.22. The summed E-state index contributed by atoms with van der Waals surface area (Å²) in [4.78, 5) is 58.5. The average Bonchev–Trinajstić information content (AvgIpc) is 4.05. The molecule has 8 rings (SSSR count). The van der Waals surface area contributed by atoms with Crippen LogP contribution in [0.2, 0.25) is 5.02 Å². The summed E-state index contributed by atoms with van der Waals surface area (Å²) < 4.78 is 0. The summed E-state index contributed by atoms with van der Waals surface area (Å²) in [5.74, 6) is 1.22. The molecule has 4 aromatic carbocycles. The van der Waals surface area contributed by atoms with Crippen molar-refractivity contribution in [3.05, 3.63) is 143 Å². The van der Waals surface area contributed by atoms with E-state index in [4.69, 9.17) is 16.6 Å². The molecule has 0 spiro atoms. The molecule has 0 aliphatic carbocycles. The van der Waals surface area contributed by atoms with Gasteiger partial charge in [0.05, 0.1) is 42.3 Å². The van der Waals surface area contributed by atoms with Crippen molar-refractivity contribution < 1.29 is 19.5 Å². The Bertz CT molecular complexity index is 2310. The zero-order chi connectivity index (χ0) is 37.9. The first-order valence-electron chi connectivity index (χ1n) is 18.5. The zero-order valence-electron chi connectivity index (χ0n) is 30.0. The molecular weight excluding hydrogens is 714 g/mol. The summed E-state index contributed by atoms with van der Waals surface area (Å²) in [6, 6.07) is 31.5. The number of H-pyrrole nitrogens is 2. The van der Waals surface area contributed by atoms with Gasteiger partial charge in [-0.3, -0.25) is 9.59 Å². The van der Waals surface area contributed by atoms with Gasteiger partial charge in [-0.1, -0.05) is 109 Å². The van der Waals surface area contributed by atoms with Crippen LogP contribution in [0.15, 0.2) is 116 Å². The second kappa shape index (κ2) is 15.6. The van der Waals surface area contributed by atoms with Crippen LogP contribution in [0.5, 0.6) is 0 Å². The van der Waals surface area contributed by atoms with E-state index in [1.807, 2.05) is 53.6 Å². The molecular formula is C43H40ClN7O4. The van der Waals surface area contributed by atoms with E-state index in [1.165, 1.54) is 0 Å². The van der Waals surface area contributed by atoms with Crippen molar-refractivity contribution in [1.29, 1.82) is 0 Å². The summed E-state index contributed by atoms with van der Waals surface area (Å²) in [6.07, 6.45) is 5.93. The topological polar surface area (TPSA) is 147 Å². The first-order valence-corrected chi connectivity index (χ1v) is 18.9.